The van der Waals surface area contributed by atoms with Gasteiger partial charge in [-0.3, -0.25) is 4.79 Å². The summed E-state index contributed by atoms with van der Waals surface area (Å²) in [7, 11) is -3.70. The first-order valence-electron chi connectivity index (χ1n) is 10.7. The molecule has 2 aromatic carbocycles. The van der Waals surface area contributed by atoms with Crippen LogP contribution in [0.4, 0.5) is 13.2 Å². The monoisotopic (exact) mass is 466 g/mol. The third-order valence-corrected chi connectivity index (χ3v) is 7.48. The minimum absolute atomic E-state index is 0.0933. The first-order valence-corrected chi connectivity index (χ1v) is 12.3. The summed E-state index contributed by atoms with van der Waals surface area (Å²) in [6, 6.07) is 8.12. The Hall–Kier alpha value is -2.39. The van der Waals surface area contributed by atoms with Gasteiger partial charge in [0.15, 0.2) is 0 Å². The van der Waals surface area contributed by atoms with Crippen molar-refractivity contribution in [3.8, 4) is 11.1 Å². The van der Waals surface area contributed by atoms with Crippen LogP contribution in [-0.2, 0) is 21.2 Å². The number of carbonyl (C=O) groups is 1. The molecule has 0 unspecified atom stereocenters. The van der Waals surface area contributed by atoms with Gasteiger partial charge in [0.2, 0.25) is 15.9 Å². The molecule has 2 aliphatic rings. The molecule has 9 heteroatoms. The van der Waals surface area contributed by atoms with Crippen LogP contribution in [-0.4, -0.2) is 49.8 Å². The van der Waals surface area contributed by atoms with E-state index in [-0.39, 0.29) is 36.1 Å². The van der Waals surface area contributed by atoms with Crippen molar-refractivity contribution in [2.45, 2.75) is 44.4 Å². The fraction of sp³-hybridized carbons (Fsp3) is 0.435. The molecule has 2 aromatic rings. The Morgan fingerprint density at radius 3 is 2.59 bits per heavy atom. The Labute approximate surface area is 185 Å². The normalized spacial score (nSPS) is 23.5. The molecule has 32 heavy (non-hydrogen) atoms. The van der Waals surface area contributed by atoms with Crippen molar-refractivity contribution in [2.24, 2.45) is 5.92 Å². The molecule has 3 atom stereocenters. The highest BCUT2D eigenvalue weighted by atomic mass is 32.2. The van der Waals surface area contributed by atoms with Crippen LogP contribution in [0.25, 0.3) is 11.1 Å². The number of halogens is 3. The van der Waals surface area contributed by atoms with Gasteiger partial charge in [-0.1, -0.05) is 24.3 Å². The minimum Gasteiger partial charge on any atom is -0.334 e. The zero-order valence-corrected chi connectivity index (χ0v) is 18.4. The van der Waals surface area contributed by atoms with E-state index < -0.39 is 39.9 Å². The molecule has 172 valence electrons. The van der Waals surface area contributed by atoms with Crippen molar-refractivity contribution in [3.05, 3.63) is 59.7 Å². The standard InChI is InChI=1S/C23H25F3N2O3S/c1-2-32(30,31)27-22-20(26)13-28(23(29)15-6-7-15)21(22)11-14-4-3-5-16(10-14)18-12-17(24)8-9-19(18)25/h3-5,8-10,12,15,20-22,27H,2,6-7,11,13H2,1H3/t20-,21-,22-/m0/s1. The van der Waals surface area contributed by atoms with Crippen LogP contribution in [0.5, 0.6) is 0 Å². The van der Waals surface area contributed by atoms with Crippen LogP contribution >= 0.6 is 0 Å². The average Bonchev–Trinajstić information content (AvgIpc) is 3.57. The Bertz CT molecular complexity index is 1120. The number of carbonyl (C=O) groups excluding carboxylic acids is 1. The lowest BCUT2D eigenvalue weighted by molar-refractivity contribution is -0.133. The first-order chi connectivity index (χ1) is 15.2. The molecule has 0 radical (unpaired) electrons. The lowest BCUT2D eigenvalue weighted by Crippen LogP contribution is -2.50. The van der Waals surface area contributed by atoms with Crippen LogP contribution in [0.15, 0.2) is 42.5 Å². The Morgan fingerprint density at radius 1 is 1.16 bits per heavy atom. The second-order valence-electron chi connectivity index (χ2n) is 8.42. The van der Waals surface area contributed by atoms with Gasteiger partial charge in [0.25, 0.3) is 0 Å². The summed E-state index contributed by atoms with van der Waals surface area (Å²) in [6.45, 7) is 1.29. The maximum atomic E-state index is 14.9. The number of alkyl halides is 1. The van der Waals surface area contributed by atoms with Crippen molar-refractivity contribution in [3.63, 3.8) is 0 Å². The summed E-state index contributed by atoms with van der Waals surface area (Å²) in [5, 5.41) is 0. The molecule has 1 aliphatic heterocycles. The number of sulfonamides is 1. The number of nitrogens with one attached hydrogen (secondary N) is 1. The van der Waals surface area contributed by atoms with Crippen LogP contribution < -0.4 is 4.72 Å². The summed E-state index contributed by atoms with van der Waals surface area (Å²) in [6.07, 6.45) is 0.144. The van der Waals surface area contributed by atoms with E-state index in [1.807, 2.05) is 0 Å². The molecule has 0 bridgehead atoms. The van der Waals surface area contributed by atoms with Crippen LogP contribution in [0.3, 0.4) is 0 Å². The molecule has 1 N–H and O–H groups in total. The molecule has 4 rings (SSSR count). The minimum atomic E-state index is -3.70. The average molecular weight is 467 g/mol. The van der Waals surface area contributed by atoms with Gasteiger partial charge in [0, 0.05) is 11.5 Å². The van der Waals surface area contributed by atoms with E-state index in [0.29, 0.717) is 11.1 Å². The number of nitrogens with zero attached hydrogens (tertiary/aromatic N) is 1. The fourth-order valence-electron chi connectivity index (χ4n) is 4.20. The van der Waals surface area contributed by atoms with Gasteiger partial charge in [-0.2, -0.15) is 0 Å². The maximum Gasteiger partial charge on any atom is 0.226 e. The molecule has 1 saturated heterocycles. The second kappa shape index (κ2) is 8.86. The van der Waals surface area contributed by atoms with E-state index in [0.717, 1.165) is 31.0 Å². The molecule has 5 nitrogen and oxygen atoms in total. The van der Waals surface area contributed by atoms with Gasteiger partial charge >= 0.3 is 0 Å². The molecular formula is C23H25F3N2O3S. The Morgan fingerprint density at radius 2 is 1.91 bits per heavy atom. The third-order valence-electron chi connectivity index (χ3n) is 6.09. The molecule has 1 heterocycles. The largest absolute Gasteiger partial charge is 0.334 e. The van der Waals surface area contributed by atoms with Gasteiger partial charge in [-0.05, 0) is 55.5 Å². The lowest BCUT2D eigenvalue weighted by Gasteiger charge is -2.28. The van der Waals surface area contributed by atoms with Gasteiger partial charge in [-0.25, -0.2) is 26.3 Å². The molecule has 2 fully saturated rings. The van der Waals surface area contributed by atoms with Crippen LogP contribution in [0.2, 0.25) is 0 Å². The van der Waals surface area contributed by atoms with Gasteiger partial charge in [-0.15, -0.1) is 0 Å². The quantitative estimate of drug-likeness (QED) is 0.680. The van der Waals surface area contributed by atoms with Crippen molar-refractivity contribution in [2.75, 3.05) is 12.3 Å². The molecule has 1 saturated carbocycles. The summed E-state index contributed by atoms with van der Waals surface area (Å²) in [5.74, 6) is -1.65. The zero-order valence-electron chi connectivity index (χ0n) is 17.6. The van der Waals surface area contributed by atoms with Gasteiger partial charge < -0.3 is 4.90 Å². The van der Waals surface area contributed by atoms with E-state index in [1.165, 1.54) is 11.8 Å². The van der Waals surface area contributed by atoms with Crippen molar-refractivity contribution >= 4 is 15.9 Å². The third kappa shape index (κ3) is 4.83. The smallest absolute Gasteiger partial charge is 0.226 e. The fourth-order valence-corrected chi connectivity index (χ4v) is 5.08. The van der Waals surface area contributed by atoms with E-state index in [1.54, 1.807) is 24.3 Å². The topological polar surface area (TPSA) is 66.5 Å². The van der Waals surface area contributed by atoms with Gasteiger partial charge in [0.1, 0.15) is 17.8 Å². The highest BCUT2D eigenvalue weighted by Gasteiger charge is 2.48. The summed E-state index contributed by atoms with van der Waals surface area (Å²) in [4.78, 5) is 14.2. The Kier molecular flexibility index (Phi) is 6.31. The second-order valence-corrected chi connectivity index (χ2v) is 10.5. The van der Waals surface area contributed by atoms with E-state index in [4.69, 9.17) is 0 Å². The predicted molar refractivity (Wildman–Crippen MR) is 115 cm³/mol. The first kappa shape index (κ1) is 22.8. The van der Waals surface area contributed by atoms with Crippen molar-refractivity contribution < 1.29 is 26.4 Å². The number of hydrogen-bond donors (Lipinski definition) is 1. The van der Waals surface area contributed by atoms with E-state index in [2.05, 4.69) is 4.72 Å². The van der Waals surface area contributed by atoms with Crippen LogP contribution in [0, 0.1) is 17.6 Å². The molecule has 1 aliphatic carbocycles. The number of rotatable bonds is 7. The predicted octanol–water partition coefficient (Wildman–Crippen LogP) is 3.44. The highest BCUT2D eigenvalue weighted by molar-refractivity contribution is 7.89. The van der Waals surface area contributed by atoms with Gasteiger partial charge in [0.05, 0.1) is 24.4 Å². The zero-order chi connectivity index (χ0) is 23.0. The van der Waals surface area contributed by atoms with Crippen molar-refractivity contribution in [1.82, 2.24) is 9.62 Å². The Balaban J connectivity index is 1.65. The number of hydrogen-bond acceptors (Lipinski definition) is 3. The summed E-state index contributed by atoms with van der Waals surface area (Å²) >= 11 is 0. The highest BCUT2D eigenvalue weighted by Crippen LogP contribution is 2.36. The molecule has 1 amide bonds. The molecular weight excluding hydrogens is 441 g/mol. The van der Waals surface area contributed by atoms with Crippen molar-refractivity contribution in [1.29, 1.82) is 0 Å². The number of benzene rings is 2. The lowest BCUT2D eigenvalue weighted by atomic mass is 9.96. The van der Waals surface area contributed by atoms with Crippen LogP contribution in [0.1, 0.15) is 25.3 Å². The van der Waals surface area contributed by atoms with E-state index >= 15 is 0 Å². The van der Waals surface area contributed by atoms with E-state index in [9.17, 15) is 26.4 Å². The molecule has 0 spiro atoms. The molecule has 0 aromatic heterocycles. The summed E-state index contributed by atoms with van der Waals surface area (Å²) in [5.41, 5.74) is 1.20. The SMILES string of the molecule is CCS(=O)(=O)N[C@H]1[C@@H](F)CN(C(=O)C2CC2)[C@H]1Cc1cccc(-c2cc(F)ccc2F)c1. The maximum absolute atomic E-state index is 14.9. The number of likely N-dealkylation sites (tertiary alicyclic amines) is 1. The summed E-state index contributed by atoms with van der Waals surface area (Å²) < 4.78 is 69.6. The number of amides is 1.